The van der Waals surface area contributed by atoms with Crippen molar-refractivity contribution in [2.24, 2.45) is 0 Å². The largest absolute Gasteiger partial charge is 0.464 e. The molecule has 5 heteroatoms. The van der Waals surface area contributed by atoms with E-state index in [2.05, 4.69) is 21.2 Å². The molecule has 1 aromatic rings. The zero-order valence-electron chi connectivity index (χ0n) is 8.94. The van der Waals surface area contributed by atoms with E-state index in [0.29, 0.717) is 6.61 Å². The lowest BCUT2D eigenvalue weighted by Crippen LogP contribution is -2.34. The highest BCUT2D eigenvalue weighted by molar-refractivity contribution is 9.10. The summed E-state index contributed by atoms with van der Waals surface area (Å²) in [5.74, 6) is -0.454. The highest BCUT2D eigenvalue weighted by Crippen LogP contribution is 2.16. The van der Waals surface area contributed by atoms with Crippen LogP contribution in [-0.4, -0.2) is 30.3 Å². The SMILES string of the molecule is CCOC(=O)C(CO)Nc1cccc(Br)c1. The van der Waals surface area contributed by atoms with Gasteiger partial charge in [0.25, 0.3) is 0 Å². The highest BCUT2D eigenvalue weighted by atomic mass is 79.9. The minimum atomic E-state index is -0.728. The van der Waals surface area contributed by atoms with E-state index in [1.54, 1.807) is 6.92 Å². The molecule has 0 radical (unpaired) electrons. The van der Waals surface area contributed by atoms with Crippen molar-refractivity contribution in [3.05, 3.63) is 28.7 Å². The van der Waals surface area contributed by atoms with Crippen LogP contribution in [0.3, 0.4) is 0 Å². The number of hydrogen-bond donors (Lipinski definition) is 2. The first-order valence-electron chi connectivity index (χ1n) is 4.97. The van der Waals surface area contributed by atoms with Crippen molar-refractivity contribution in [2.75, 3.05) is 18.5 Å². The van der Waals surface area contributed by atoms with E-state index in [1.165, 1.54) is 0 Å². The molecule has 0 spiro atoms. The van der Waals surface area contributed by atoms with Gasteiger partial charge < -0.3 is 15.2 Å². The molecule has 0 aliphatic heterocycles. The number of esters is 1. The Morgan fingerprint density at radius 2 is 2.38 bits per heavy atom. The fraction of sp³-hybridized carbons (Fsp3) is 0.364. The highest BCUT2D eigenvalue weighted by Gasteiger charge is 2.18. The number of aliphatic hydroxyl groups excluding tert-OH is 1. The van der Waals surface area contributed by atoms with Crippen LogP contribution in [0.25, 0.3) is 0 Å². The van der Waals surface area contributed by atoms with E-state index >= 15 is 0 Å². The maximum absolute atomic E-state index is 11.4. The molecular formula is C11H14BrNO3. The molecular weight excluding hydrogens is 274 g/mol. The van der Waals surface area contributed by atoms with Crippen LogP contribution in [0.15, 0.2) is 28.7 Å². The molecule has 2 N–H and O–H groups in total. The number of nitrogens with one attached hydrogen (secondary N) is 1. The van der Waals surface area contributed by atoms with E-state index in [1.807, 2.05) is 24.3 Å². The molecule has 1 unspecified atom stereocenters. The van der Waals surface area contributed by atoms with Crippen LogP contribution < -0.4 is 5.32 Å². The monoisotopic (exact) mass is 287 g/mol. The second-order valence-corrected chi connectivity index (χ2v) is 4.06. The van der Waals surface area contributed by atoms with Gasteiger partial charge >= 0.3 is 5.97 Å². The molecule has 88 valence electrons. The van der Waals surface area contributed by atoms with Gasteiger partial charge in [0, 0.05) is 10.2 Å². The van der Waals surface area contributed by atoms with Crippen LogP contribution in [0, 0.1) is 0 Å². The molecule has 0 fully saturated rings. The smallest absolute Gasteiger partial charge is 0.330 e. The molecule has 0 saturated carbocycles. The lowest BCUT2D eigenvalue weighted by Gasteiger charge is -2.16. The number of halogens is 1. The second kappa shape index (κ2) is 6.50. The zero-order valence-corrected chi connectivity index (χ0v) is 10.5. The van der Waals surface area contributed by atoms with E-state index in [0.717, 1.165) is 10.2 Å². The van der Waals surface area contributed by atoms with Gasteiger partial charge in [0.2, 0.25) is 0 Å². The summed E-state index contributed by atoms with van der Waals surface area (Å²) >= 11 is 3.32. The summed E-state index contributed by atoms with van der Waals surface area (Å²) < 4.78 is 5.73. The Morgan fingerprint density at radius 1 is 1.62 bits per heavy atom. The van der Waals surface area contributed by atoms with Crippen molar-refractivity contribution < 1.29 is 14.6 Å². The quantitative estimate of drug-likeness (QED) is 0.811. The number of benzene rings is 1. The normalized spacial score (nSPS) is 11.9. The molecule has 1 aromatic carbocycles. The van der Waals surface area contributed by atoms with Gasteiger partial charge in [-0.25, -0.2) is 4.79 Å². The molecule has 0 aliphatic carbocycles. The molecule has 0 aliphatic rings. The Bertz CT molecular complexity index is 357. The average Bonchev–Trinajstić information content (AvgIpc) is 2.26. The summed E-state index contributed by atoms with van der Waals surface area (Å²) in [4.78, 5) is 11.4. The summed E-state index contributed by atoms with van der Waals surface area (Å²) in [5, 5.41) is 12.0. The van der Waals surface area contributed by atoms with Crippen LogP contribution in [0.5, 0.6) is 0 Å². The minimum absolute atomic E-state index is 0.300. The third-order valence-electron chi connectivity index (χ3n) is 1.92. The third kappa shape index (κ3) is 3.83. The maximum Gasteiger partial charge on any atom is 0.330 e. The lowest BCUT2D eigenvalue weighted by molar-refractivity contribution is -0.144. The van der Waals surface area contributed by atoms with E-state index < -0.39 is 12.0 Å². The standard InChI is InChI=1S/C11H14BrNO3/c1-2-16-11(15)10(7-14)13-9-5-3-4-8(12)6-9/h3-6,10,13-14H,2,7H2,1H3. The summed E-state index contributed by atoms with van der Waals surface area (Å²) in [6.07, 6.45) is 0. The van der Waals surface area contributed by atoms with Gasteiger partial charge in [-0.05, 0) is 25.1 Å². The van der Waals surface area contributed by atoms with Crippen LogP contribution in [-0.2, 0) is 9.53 Å². The molecule has 1 rings (SSSR count). The van der Waals surface area contributed by atoms with Gasteiger partial charge in [-0.1, -0.05) is 22.0 Å². The molecule has 0 amide bonds. The molecule has 4 nitrogen and oxygen atoms in total. The topological polar surface area (TPSA) is 58.6 Å². The van der Waals surface area contributed by atoms with Crippen molar-refractivity contribution in [1.29, 1.82) is 0 Å². The zero-order chi connectivity index (χ0) is 12.0. The van der Waals surface area contributed by atoms with Gasteiger partial charge in [0.15, 0.2) is 0 Å². The average molecular weight is 288 g/mol. The lowest BCUT2D eigenvalue weighted by atomic mass is 10.2. The Hall–Kier alpha value is -1.07. The van der Waals surface area contributed by atoms with Crippen LogP contribution in [0.1, 0.15) is 6.92 Å². The number of rotatable bonds is 5. The molecule has 16 heavy (non-hydrogen) atoms. The fourth-order valence-corrected chi connectivity index (χ4v) is 1.60. The minimum Gasteiger partial charge on any atom is -0.464 e. The van der Waals surface area contributed by atoms with Gasteiger partial charge in [-0.2, -0.15) is 0 Å². The molecule has 0 aromatic heterocycles. The number of ether oxygens (including phenoxy) is 1. The van der Waals surface area contributed by atoms with Crippen molar-refractivity contribution in [1.82, 2.24) is 0 Å². The first-order valence-corrected chi connectivity index (χ1v) is 5.76. The van der Waals surface area contributed by atoms with Crippen LogP contribution >= 0.6 is 15.9 Å². The molecule has 0 heterocycles. The fourth-order valence-electron chi connectivity index (χ4n) is 1.20. The number of hydrogen-bond acceptors (Lipinski definition) is 4. The predicted octanol–water partition coefficient (Wildman–Crippen LogP) is 1.78. The van der Waals surface area contributed by atoms with E-state index in [-0.39, 0.29) is 6.61 Å². The van der Waals surface area contributed by atoms with Crippen LogP contribution in [0.2, 0.25) is 0 Å². The van der Waals surface area contributed by atoms with E-state index in [4.69, 9.17) is 9.84 Å². The Balaban J connectivity index is 2.66. The summed E-state index contributed by atoms with van der Waals surface area (Å²) in [5.41, 5.74) is 0.751. The first kappa shape index (κ1) is 13.0. The van der Waals surface area contributed by atoms with Crippen molar-refractivity contribution >= 4 is 27.6 Å². The molecule has 0 bridgehead atoms. The van der Waals surface area contributed by atoms with Gasteiger partial charge in [0.05, 0.1) is 13.2 Å². The first-order chi connectivity index (χ1) is 7.67. The predicted molar refractivity (Wildman–Crippen MR) is 65.3 cm³/mol. The van der Waals surface area contributed by atoms with Gasteiger partial charge in [0.1, 0.15) is 6.04 Å². The Kier molecular flexibility index (Phi) is 5.28. The molecule has 0 saturated heterocycles. The van der Waals surface area contributed by atoms with Crippen LogP contribution in [0.4, 0.5) is 5.69 Å². The summed E-state index contributed by atoms with van der Waals surface area (Å²) in [6.45, 7) is 1.73. The van der Waals surface area contributed by atoms with Crippen molar-refractivity contribution in [3.8, 4) is 0 Å². The van der Waals surface area contributed by atoms with Gasteiger partial charge in [-0.3, -0.25) is 0 Å². The summed E-state index contributed by atoms with van der Waals surface area (Å²) in [7, 11) is 0. The maximum atomic E-state index is 11.4. The third-order valence-corrected chi connectivity index (χ3v) is 2.41. The van der Waals surface area contributed by atoms with Crippen molar-refractivity contribution in [2.45, 2.75) is 13.0 Å². The second-order valence-electron chi connectivity index (χ2n) is 3.14. The van der Waals surface area contributed by atoms with Gasteiger partial charge in [-0.15, -0.1) is 0 Å². The van der Waals surface area contributed by atoms with E-state index in [9.17, 15) is 4.79 Å². The number of carbonyl (C=O) groups excluding carboxylic acids is 1. The molecule has 1 atom stereocenters. The number of anilines is 1. The Morgan fingerprint density at radius 3 is 2.94 bits per heavy atom. The summed E-state index contributed by atoms with van der Waals surface area (Å²) in [6, 6.07) is 6.62. The number of carbonyl (C=O) groups is 1. The Labute approximate surface area is 103 Å². The van der Waals surface area contributed by atoms with Crippen molar-refractivity contribution in [3.63, 3.8) is 0 Å². The number of aliphatic hydroxyl groups is 1.